The maximum atomic E-state index is 13.2. The lowest BCUT2D eigenvalue weighted by Gasteiger charge is -2.16. The Morgan fingerprint density at radius 3 is 2.67 bits per heavy atom. The Bertz CT molecular complexity index is 666. The fourth-order valence-corrected chi connectivity index (χ4v) is 2.49. The number of nitrogens with zero attached hydrogens (tertiary/aromatic N) is 3. The number of halogens is 2. The lowest BCUT2D eigenvalue weighted by Crippen LogP contribution is -2.24. The Morgan fingerprint density at radius 1 is 1.33 bits per heavy atom. The standard InChI is InChI=1S/C14H13F2N3O2/c1-8-17-14(21-18-8)10-4-13(20)19(7-10)6-9-2-11(15)5-12(16)3-9/h2-3,5,10H,4,6-7H2,1H3. The van der Waals surface area contributed by atoms with E-state index in [2.05, 4.69) is 10.1 Å². The van der Waals surface area contributed by atoms with Gasteiger partial charge in [-0.25, -0.2) is 8.78 Å². The molecule has 1 amide bonds. The van der Waals surface area contributed by atoms with Gasteiger partial charge in [-0.05, 0) is 24.6 Å². The van der Waals surface area contributed by atoms with Gasteiger partial charge >= 0.3 is 0 Å². The van der Waals surface area contributed by atoms with E-state index in [1.807, 2.05) is 0 Å². The summed E-state index contributed by atoms with van der Waals surface area (Å²) in [6.45, 7) is 2.27. The molecule has 0 saturated carbocycles. The van der Waals surface area contributed by atoms with Gasteiger partial charge < -0.3 is 9.42 Å². The van der Waals surface area contributed by atoms with Crippen molar-refractivity contribution in [2.24, 2.45) is 0 Å². The number of rotatable bonds is 3. The Morgan fingerprint density at radius 2 is 2.05 bits per heavy atom. The second kappa shape index (κ2) is 5.23. The fourth-order valence-electron chi connectivity index (χ4n) is 2.49. The molecular weight excluding hydrogens is 280 g/mol. The Labute approximate surface area is 119 Å². The number of aromatic nitrogens is 2. The van der Waals surface area contributed by atoms with Crippen molar-refractivity contribution in [3.8, 4) is 0 Å². The predicted octanol–water partition coefficient (Wildman–Crippen LogP) is 2.17. The second-order valence-corrected chi connectivity index (χ2v) is 5.13. The molecule has 21 heavy (non-hydrogen) atoms. The zero-order valence-corrected chi connectivity index (χ0v) is 11.3. The molecule has 0 radical (unpaired) electrons. The number of carbonyl (C=O) groups is 1. The molecule has 1 saturated heterocycles. The Kier molecular flexibility index (Phi) is 3.40. The highest BCUT2D eigenvalue weighted by molar-refractivity contribution is 5.79. The molecule has 0 aliphatic carbocycles. The largest absolute Gasteiger partial charge is 0.339 e. The van der Waals surface area contributed by atoms with E-state index in [9.17, 15) is 13.6 Å². The lowest BCUT2D eigenvalue weighted by atomic mass is 10.1. The Balaban J connectivity index is 1.73. The molecular formula is C14H13F2N3O2. The number of likely N-dealkylation sites (tertiary alicyclic amines) is 1. The van der Waals surface area contributed by atoms with Crippen LogP contribution in [0.2, 0.25) is 0 Å². The summed E-state index contributed by atoms with van der Waals surface area (Å²) in [5, 5.41) is 3.70. The highest BCUT2D eigenvalue weighted by Crippen LogP contribution is 2.28. The minimum Gasteiger partial charge on any atom is -0.339 e. The zero-order valence-electron chi connectivity index (χ0n) is 11.3. The highest BCUT2D eigenvalue weighted by Gasteiger charge is 2.34. The topological polar surface area (TPSA) is 59.2 Å². The maximum Gasteiger partial charge on any atom is 0.232 e. The van der Waals surface area contributed by atoms with Gasteiger partial charge in [0.05, 0.1) is 5.92 Å². The summed E-state index contributed by atoms with van der Waals surface area (Å²) in [6, 6.07) is 3.25. The van der Waals surface area contributed by atoms with E-state index >= 15 is 0 Å². The molecule has 1 aromatic carbocycles. The van der Waals surface area contributed by atoms with Gasteiger partial charge in [0.25, 0.3) is 0 Å². The SMILES string of the molecule is Cc1noc(C2CC(=O)N(Cc3cc(F)cc(F)c3)C2)n1. The molecule has 1 fully saturated rings. The van der Waals surface area contributed by atoms with Crippen LogP contribution in [0.25, 0.3) is 0 Å². The van der Waals surface area contributed by atoms with Gasteiger partial charge in [0.2, 0.25) is 11.8 Å². The van der Waals surface area contributed by atoms with Crippen LogP contribution in [0.3, 0.4) is 0 Å². The van der Waals surface area contributed by atoms with Crippen molar-refractivity contribution in [3.05, 3.63) is 47.1 Å². The van der Waals surface area contributed by atoms with Gasteiger partial charge in [-0.2, -0.15) is 4.98 Å². The van der Waals surface area contributed by atoms with Crippen LogP contribution in [0.1, 0.15) is 29.6 Å². The average molecular weight is 293 g/mol. The molecule has 1 atom stereocenters. The first-order chi connectivity index (χ1) is 10.0. The van der Waals surface area contributed by atoms with Crippen molar-refractivity contribution in [1.82, 2.24) is 15.0 Å². The van der Waals surface area contributed by atoms with Gasteiger partial charge in [-0.3, -0.25) is 4.79 Å². The quantitative estimate of drug-likeness (QED) is 0.870. The van der Waals surface area contributed by atoms with Gasteiger partial charge in [-0.15, -0.1) is 0 Å². The first-order valence-corrected chi connectivity index (χ1v) is 6.54. The molecule has 1 aliphatic rings. The van der Waals surface area contributed by atoms with Crippen LogP contribution >= 0.6 is 0 Å². The Hall–Kier alpha value is -2.31. The molecule has 1 aromatic heterocycles. The molecule has 0 spiro atoms. The summed E-state index contributed by atoms with van der Waals surface area (Å²) < 4.78 is 31.4. The first-order valence-electron chi connectivity index (χ1n) is 6.54. The van der Waals surface area contributed by atoms with Crippen LogP contribution in [0, 0.1) is 18.6 Å². The van der Waals surface area contributed by atoms with E-state index in [4.69, 9.17) is 4.52 Å². The number of benzene rings is 1. The number of hydrogen-bond donors (Lipinski definition) is 0. The summed E-state index contributed by atoms with van der Waals surface area (Å²) >= 11 is 0. The normalized spacial score (nSPS) is 18.5. The van der Waals surface area contributed by atoms with E-state index in [-0.39, 0.29) is 24.8 Å². The summed E-state index contributed by atoms with van der Waals surface area (Å²) in [5.74, 6) is -0.629. The van der Waals surface area contributed by atoms with Gasteiger partial charge in [0.15, 0.2) is 5.82 Å². The molecule has 3 rings (SSSR count). The van der Waals surface area contributed by atoms with Crippen molar-refractivity contribution in [1.29, 1.82) is 0 Å². The lowest BCUT2D eigenvalue weighted by molar-refractivity contribution is -0.128. The molecule has 110 valence electrons. The van der Waals surface area contributed by atoms with Gasteiger partial charge in [-0.1, -0.05) is 5.16 Å². The highest BCUT2D eigenvalue weighted by atomic mass is 19.1. The monoisotopic (exact) mass is 293 g/mol. The molecule has 0 bridgehead atoms. The van der Waals surface area contributed by atoms with Crippen LogP contribution in [-0.4, -0.2) is 27.5 Å². The number of hydrogen-bond acceptors (Lipinski definition) is 4. The minimum atomic E-state index is -0.652. The molecule has 2 aromatic rings. The van der Waals surface area contributed by atoms with Crippen LogP contribution in [0.4, 0.5) is 8.78 Å². The van der Waals surface area contributed by atoms with Crippen LogP contribution in [0.5, 0.6) is 0 Å². The van der Waals surface area contributed by atoms with Gasteiger partial charge in [0.1, 0.15) is 11.6 Å². The molecule has 2 heterocycles. The number of carbonyl (C=O) groups excluding carboxylic acids is 1. The van der Waals surface area contributed by atoms with E-state index in [0.29, 0.717) is 23.8 Å². The van der Waals surface area contributed by atoms with E-state index in [1.165, 1.54) is 12.1 Å². The van der Waals surface area contributed by atoms with Crippen LogP contribution in [0.15, 0.2) is 22.7 Å². The first kappa shape index (κ1) is 13.7. The number of amides is 1. The maximum absolute atomic E-state index is 13.2. The third-order valence-electron chi connectivity index (χ3n) is 3.40. The van der Waals surface area contributed by atoms with Crippen molar-refractivity contribution in [2.45, 2.75) is 25.8 Å². The summed E-state index contributed by atoms with van der Waals surface area (Å²) in [6.07, 6.45) is 0.263. The molecule has 5 nitrogen and oxygen atoms in total. The minimum absolute atomic E-state index is 0.0967. The molecule has 1 unspecified atom stereocenters. The van der Waals surface area contributed by atoms with E-state index in [1.54, 1.807) is 11.8 Å². The predicted molar refractivity (Wildman–Crippen MR) is 68.2 cm³/mol. The fraction of sp³-hybridized carbons (Fsp3) is 0.357. The van der Waals surface area contributed by atoms with E-state index < -0.39 is 11.6 Å². The molecule has 7 heteroatoms. The average Bonchev–Trinajstić information content (AvgIpc) is 2.95. The van der Waals surface area contributed by atoms with Crippen LogP contribution < -0.4 is 0 Å². The van der Waals surface area contributed by atoms with Crippen molar-refractivity contribution in [3.63, 3.8) is 0 Å². The smallest absolute Gasteiger partial charge is 0.232 e. The van der Waals surface area contributed by atoms with E-state index in [0.717, 1.165) is 6.07 Å². The van der Waals surface area contributed by atoms with Gasteiger partial charge in [0, 0.05) is 25.6 Å². The van der Waals surface area contributed by atoms with Crippen LogP contribution in [-0.2, 0) is 11.3 Å². The summed E-state index contributed by atoms with van der Waals surface area (Å²) in [4.78, 5) is 17.6. The van der Waals surface area contributed by atoms with Crippen molar-refractivity contribution < 1.29 is 18.1 Å². The zero-order chi connectivity index (χ0) is 15.0. The second-order valence-electron chi connectivity index (χ2n) is 5.13. The third-order valence-corrected chi connectivity index (χ3v) is 3.40. The third kappa shape index (κ3) is 2.91. The van der Waals surface area contributed by atoms with Crippen molar-refractivity contribution >= 4 is 5.91 Å². The summed E-state index contributed by atoms with van der Waals surface area (Å²) in [7, 11) is 0. The van der Waals surface area contributed by atoms with Crippen molar-refractivity contribution in [2.75, 3.05) is 6.54 Å². The molecule has 1 aliphatic heterocycles. The summed E-state index contributed by atoms with van der Waals surface area (Å²) in [5.41, 5.74) is 0.420. The number of aryl methyl sites for hydroxylation is 1. The molecule has 0 N–H and O–H groups in total.